The monoisotopic (exact) mass is 446 g/mol. The maximum atomic E-state index is 13.4. The highest BCUT2D eigenvalue weighted by Gasteiger charge is 2.40. The van der Waals surface area contributed by atoms with E-state index in [1.165, 1.54) is 0 Å². The van der Waals surface area contributed by atoms with Gasteiger partial charge in [0.05, 0.1) is 6.20 Å². The summed E-state index contributed by atoms with van der Waals surface area (Å²) in [5.41, 5.74) is 1.77. The summed E-state index contributed by atoms with van der Waals surface area (Å²) >= 11 is 0. The molecule has 4 rings (SSSR count). The highest BCUT2D eigenvalue weighted by atomic mass is 16.6. The first-order valence-corrected chi connectivity index (χ1v) is 11.4. The number of H-pyrrole nitrogens is 1. The lowest BCUT2D eigenvalue weighted by Gasteiger charge is -2.42. The van der Waals surface area contributed by atoms with Gasteiger partial charge in [-0.05, 0) is 30.9 Å². The predicted octanol–water partition coefficient (Wildman–Crippen LogP) is 4.52. The summed E-state index contributed by atoms with van der Waals surface area (Å²) in [6.07, 6.45) is 3.11. The van der Waals surface area contributed by atoms with Crippen LogP contribution >= 0.6 is 0 Å². The van der Waals surface area contributed by atoms with Gasteiger partial charge in [0.2, 0.25) is 5.91 Å². The van der Waals surface area contributed by atoms with Crippen LogP contribution in [0.5, 0.6) is 0 Å². The molecule has 33 heavy (non-hydrogen) atoms. The Morgan fingerprint density at radius 1 is 1.03 bits per heavy atom. The molecule has 172 valence electrons. The van der Waals surface area contributed by atoms with Crippen molar-refractivity contribution < 1.29 is 14.3 Å². The number of nitrogens with one attached hydrogen (secondary N) is 1. The highest BCUT2D eigenvalue weighted by Crippen LogP contribution is 2.39. The van der Waals surface area contributed by atoms with Gasteiger partial charge in [0.1, 0.15) is 12.4 Å². The Kier molecular flexibility index (Phi) is 7.07. The number of aromatic nitrogens is 2. The van der Waals surface area contributed by atoms with E-state index in [1.54, 1.807) is 16.0 Å². The number of piperidine rings is 1. The van der Waals surface area contributed by atoms with Gasteiger partial charge in [-0.15, -0.1) is 0 Å². The maximum Gasteiger partial charge on any atom is 0.410 e. The normalized spacial score (nSPS) is 15.1. The Morgan fingerprint density at radius 2 is 1.70 bits per heavy atom. The fourth-order valence-corrected chi connectivity index (χ4v) is 4.55. The lowest BCUT2D eigenvalue weighted by Crippen LogP contribution is -2.48. The van der Waals surface area contributed by atoms with Gasteiger partial charge in [-0.25, -0.2) is 4.79 Å². The van der Waals surface area contributed by atoms with Crippen LogP contribution in [0.25, 0.3) is 0 Å². The van der Waals surface area contributed by atoms with Gasteiger partial charge in [0.25, 0.3) is 0 Å². The number of anilines is 1. The largest absolute Gasteiger partial charge is 0.445 e. The van der Waals surface area contributed by atoms with Gasteiger partial charge in [-0.2, -0.15) is 5.10 Å². The van der Waals surface area contributed by atoms with Gasteiger partial charge in [-0.3, -0.25) is 14.8 Å². The molecule has 1 aliphatic rings. The zero-order valence-electron chi connectivity index (χ0n) is 18.9. The number of benzene rings is 2. The Labute approximate surface area is 194 Å². The fraction of sp³-hybridized carbons (Fsp3) is 0.346. The number of carbonyl (C=O) groups is 2. The third-order valence-electron chi connectivity index (χ3n) is 6.45. The molecule has 0 saturated carbocycles. The quantitative estimate of drug-likeness (QED) is 0.579. The number of nitrogens with zero attached hydrogens (tertiary/aromatic N) is 3. The first-order valence-electron chi connectivity index (χ1n) is 11.4. The fourth-order valence-electron chi connectivity index (χ4n) is 4.55. The average Bonchev–Trinajstić information content (AvgIpc) is 3.39. The van der Waals surface area contributed by atoms with E-state index in [1.807, 2.05) is 61.5 Å². The van der Waals surface area contributed by atoms with Crippen LogP contribution < -0.4 is 4.90 Å². The second-order valence-electron chi connectivity index (χ2n) is 8.43. The molecule has 0 aliphatic carbocycles. The third kappa shape index (κ3) is 5.25. The number of aromatic amines is 1. The van der Waals surface area contributed by atoms with Crippen LogP contribution in [0, 0.1) is 0 Å². The minimum atomic E-state index is -0.331. The smallest absolute Gasteiger partial charge is 0.410 e. The number of amides is 2. The number of likely N-dealkylation sites (tertiary alicyclic amines) is 1. The molecule has 1 aliphatic heterocycles. The maximum absolute atomic E-state index is 13.4. The zero-order chi connectivity index (χ0) is 23.1. The minimum absolute atomic E-state index is 0.0470. The molecule has 2 aromatic carbocycles. The molecule has 3 aromatic rings. The first kappa shape index (κ1) is 22.6. The van der Waals surface area contributed by atoms with E-state index < -0.39 is 0 Å². The molecule has 7 nitrogen and oxygen atoms in total. The van der Waals surface area contributed by atoms with Crippen molar-refractivity contribution in [1.29, 1.82) is 0 Å². The molecule has 2 heterocycles. The summed E-state index contributed by atoms with van der Waals surface area (Å²) in [7, 11) is 0. The van der Waals surface area contributed by atoms with Crippen molar-refractivity contribution in [1.82, 2.24) is 15.1 Å². The van der Waals surface area contributed by atoms with E-state index >= 15 is 0 Å². The standard InChI is InChI=1S/C26H30N4O3/c1-2-30(23-13-16-27-28-23)24(31)19-26(22-11-7-4-8-12-22)14-17-29(18-15-26)25(32)33-20-21-9-5-3-6-10-21/h3-13,16H,2,14-15,17-20H2,1H3,(H,27,28). The zero-order valence-corrected chi connectivity index (χ0v) is 18.9. The molecule has 0 unspecified atom stereocenters. The Morgan fingerprint density at radius 3 is 2.30 bits per heavy atom. The minimum Gasteiger partial charge on any atom is -0.445 e. The molecule has 1 N–H and O–H groups in total. The molecular weight excluding hydrogens is 416 g/mol. The van der Waals surface area contributed by atoms with Crippen molar-refractivity contribution in [3.05, 3.63) is 84.1 Å². The number of ether oxygens (including phenoxy) is 1. The Bertz CT molecular complexity index is 1030. The summed E-state index contributed by atoms with van der Waals surface area (Å²) in [6, 6.07) is 21.7. The average molecular weight is 447 g/mol. The van der Waals surface area contributed by atoms with Gasteiger partial charge in [-0.1, -0.05) is 60.7 Å². The van der Waals surface area contributed by atoms with Gasteiger partial charge in [0, 0.05) is 37.5 Å². The number of carbonyl (C=O) groups excluding carboxylic acids is 2. The molecule has 1 aromatic heterocycles. The van der Waals surface area contributed by atoms with Crippen LogP contribution in [0.3, 0.4) is 0 Å². The Balaban J connectivity index is 1.45. The highest BCUT2D eigenvalue weighted by molar-refractivity contribution is 5.93. The van der Waals surface area contributed by atoms with Crippen LogP contribution in [0.1, 0.15) is 37.3 Å². The molecule has 0 atom stereocenters. The van der Waals surface area contributed by atoms with Crippen molar-refractivity contribution in [3.8, 4) is 0 Å². The van der Waals surface area contributed by atoms with E-state index in [0.717, 1.165) is 11.1 Å². The van der Waals surface area contributed by atoms with Crippen molar-refractivity contribution in [3.63, 3.8) is 0 Å². The van der Waals surface area contributed by atoms with Crippen LogP contribution in [0.15, 0.2) is 72.9 Å². The van der Waals surface area contributed by atoms with E-state index in [9.17, 15) is 9.59 Å². The van der Waals surface area contributed by atoms with Crippen LogP contribution in [0.4, 0.5) is 10.6 Å². The molecule has 1 fully saturated rings. The molecule has 0 spiro atoms. The van der Waals surface area contributed by atoms with Crippen molar-refractivity contribution in [2.24, 2.45) is 0 Å². The number of hydrogen-bond donors (Lipinski definition) is 1. The molecule has 1 saturated heterocycles. The van der Waals surface area contributed by atoms with Crippen LogP contribution in [0.2, 0.25) is 0 Å². The van der Waals surface area contributed by atoms with Crippen molar-refractivity contribution >= 4 is 17.8 Å². The summed E-state index contributed by atoms with van der Waals surface area (Å²) in [6.45, 7) is 3.87. The van der Waals surface area contributed by atoms with Crippen LogP contribution in [-0.2, 0) is 21.6 Å². The summed E-state index contributed by atoms with van der Waals surface area (Å²) < 4.78 is 5.53. The topological polar surface area (TPSA) is 78.5 Å². The van der Waals surface area contributed by atoms with E-state index in [4.69, 9.17) is 4.74 Å². The number of rotatable bonds is 7. The molecular formula is C26H30N4O3. The number of hydrogen-bond acceptors (Lipinski definition) is 4. The summed E-state index contributed by atoms with van der Waals surface area (Å²) in [5, 5.41) is 6.88. The summed E-state index contributed by atoms with van der Waals surface area (Å²) in [5.74, 6) is 0.748. The molecule has 0 radical (unpaired) electrons. The molecule has 7 heteroatoms. The summed E-state index contributed by atoms with van der Waals surface area (Å²) in [4.78, 5) is 29.5. The second kappa shape index (κ2) is 10.3. The second-order valence-corrected chi connectivity index (χ2v) is 8.43. The Hall–Kier alpha value is -3.61. The molecule has 0 bridgehead atoms. The van der Waals surface area contributed by atoms with Gasteiger partial charge < -0.3 is 9.64 Å². The van der Waals surface area contributed by atoms with E-state index in [-0.39, 0.29) is 24.0 Å². The van der Waals surface area contributed by atoms with E-state index in [0.29, 0.717) is 44.7 Å². The lowest BCUT2D eigenvalue weighted by molar-refractivity contribution is -0.120. The molecule has 2 amide bonds. The van der Waals surface area contributed by atoms with Crippen LogP contribution in [-0.4, -0.2) is 46.7 Å². The predicted molar refractivity (Wildman–Crippen MR) is 127 cm³/mol. The van der Waals surface area contributed by atoms with Crippen molar-refractivity contribution in [2.45, 2.75) is 38.2 Å². The van der Waals surface area contributed by atoms with Crippen molar-refractivity contribution in [2.75, 3.05) is 24.5 Å². The lowest BCUT2D eigenvalue weighted by atomic mass is 9.70. The van der Waals surface area contributed by atoms with Gasteiger partial charge in [0.15, 0.2) is 0 Å². The van der Waals surface area contributed by atoms with Gasteiger partial charge >= 0.3 is 6.09 Å². The van der Waals surface area contributed by atoms with E-state index in [2.05, 4.69) is 22.3 Å². The SMILES string of the molecule is CCN(C(=O)CC1(c2ccccc2)CCN(C(=O)OCc2ccccc2)CC1)c1ccn[nH]1. The first-order chi connectivity index (χ1) is 16.1. The third-order valence-corrected chi connectivity index (χ3v) is 6.45.